The largest absolute Gasteiger partial charge is 0.292 e. The van der Waals surface area contributed by atoms with Crippen molar-refractivity contribution in [1.82, 2.24) is 14.8 Å². The van der Waals surface area contributed by atoms with Crippen LogP contribution in [0.4, 0.5) is 8.78 Å². The molecule has 1 aromatic carbocycles. The highest BCUT2D eigenvalue weighted by molar-refractivity contribution is 5.96. The van der Waals surface area contributed by atoms with Gasteiger partial charge in [0.15, 0.2) is 5.78 Å². The Morgan fingerprint density at radius 3 is 2.94 bits per heavy atom. The van der Waals surface area contributed by atoms with Gasteiger partial charge in [-0.3, -0.25) is 4.79 Å². The van der Waals surface area contributed by atoms with Crippen molar-refractivity contribution >= 4 is 5.78 Å². The van der Waals surface area contributed by atoms with E-state index in [0.29, 0.717) is 10.7 Å². The van der Waals surface area contributed by atoms with E-state index in [-0.39, 0.29) is 0 Å². The minimum atomic E-state index is -2.59. The Hall–Kier alpha value is -2.11. The number of nitrogens with zero attached hydrogens (tertiary/aromatic N) is 3. The zero-order chi connectivity index (χ0) is 13.3. The van der Waals surface area contributed by atoms with Crippen molar-refractivity contribution in [2.45, 2.75) is 6.50 Å². The molecule has 2 rings (SSSR count). The summed E-state index contributed by atoms with van der Waals surface area (Å²) in [6.45, 7) is -2.59. The van der Waals surface area contributed by atoms with Crippen LogP contribution in [-0.4, -0.2) is 20.5 Å². The summed E-state index contributed by atoms with van der Waals surface area (Å²) in [5, 5.41) is 3.49. The molecule has 0 unspecified atom stereocenters. The fourth-order valence-corrected chi connectivity index (χ4v) is 1.10. The van der Waals surface area contributed by atoms with Crippen LogP contribution in [0.3, 0.4) is 0 Å². The molecule has 6 heteroatoms. The summed E-state index contributed by atoms with van der Waals surface area (Å²) in [4.78, 5) is 15.4. The van der Waals surface area contributed by atoms with Crippen LogP contribution in [0, 0.1) is 11.6 Å². The van der Waals surface area contributed by atoms with Crippen LogP contribution in [0.15, 0.2) is 30.9 Å². The van der Waals surface area contributed by atoms with Crippen molar-refractivity contribution in [1.29, 1.82) is 0 Å². The summed E-state index contributed by atoms with van der Waals surface area (Å²) in [7, 11) is 0. The average Bonchev–Trinajstić information content (AvgIpc) is 2.82. The van der Waals surface area contributed by atoms with Gasteiger partial charge in [-0.25, -0.2) is 18.4 Å². The Kier molecular flexibility index (Phi) is 2.11. The molecular formula is C10H7F2N3O. The van der Waals surface area contributed by atoms with Crippen molar-refractivity contribution in [3.05, 3.63) is 48.1 Å². The molecule has 0 aliphatic rings. The first-order chi connectivity index (χ1) is 8.43. The number of hydrogen-bond donors (Lipinski definition) is 0. The second-order valence-corrected chi connectivity index (χ2v) is 2.91. The van der Waals surface area contributed by atoms with Gasteiger partial charge in [-0.05, 0) is 12.1 Å². The van der Waals surface area contributed by atoms with Gasteiger partial charge in [-0.1, -0.05) is 0 Å². The van der Waals surface area contributed by atoms with Gasteiger partial charge in [0.2, 0.25) is 0 Å². The highest BCUT2D eigenvalue weighted by atomic mass is 19.1. The molecule has 1 aromatic heterocycles. The summed E-state index contributed by atoms with van der Waals surface area (Å²) >= 11 is 0. The fraction of sp³-hybridized carbons (Fsp3) is 0.100. The van der Waals surface area contributed by atoms with E-state index in [1.54, 1.807) is 0 Å². The second kappa shape index (κ2) is 4.18. The topological polar surface area (TPSA) is 47.8 Å². The van der Waals surface area contributed by atoms with Crippen molar-refractivity contribution in [2.24, 2.45) is 0 Å². The predicted octanol–water partition coefficient (Wildman–Crippen LogP) is 1.44. The highest BCUT2D eigenvalue weighted by Crippen LogP contribution is 2.10. The molecular weight excluding hydrogens is 216 g/mol. The molecule has 0 N–H and O–H groups in total. The quantitative estimate of drug-likeness (QED) is 0.742. The molecule has 0 radical (unpaired) electrons. The minimum Gasteiger partial charge on any atom is -0.292 e. The SMILES string of the molecule is [2H]C([2H])(C(=O)c1ccc(F)cc1F)n1cncn1. The molecule has 0 saturated heterocycles. The van der Waals surface area contributed by atoms with Gasteiger partial charge in [0, 0.05) is 6.07 Å². The second-order valence-electron chi connectivity index (χ2n) is 2.91. The van der Waals surface area contributed by atoms with E-state index < -0.39 is 29.5 Å². The first-order valence-corrected chi connectivity index (χ1v) is 4.28. The van der Waals surface area contributed by atoms with Crippen molar-refractivity contribution in [3.63, 3.8) is 0 Å². The number of hydrogen-bond acceptors (Lipinski definition) is 3. The molecule has 0 aliphatic carbocycles. The highest BCUT2D eigenvalue weighted by Gasteiger charge is 2.13. The molecule has 0 amide bonds. The van der Waals surface area contributed by atoms with Gasteiger partial charge in [0.05, 0.1) is 8.30 Å². The van der Waals surface area contributed by atoms with Crippen LogP contribution >= 0.6 is 0 Å². The Labute approximate surface area is 92.3 Å². The molecule has 4 nitrogen and oxygen atoms in total. The molecule has 82 valence electrons. The molecule has 0 saturated carbocycles. The van der Waals surface area contributed by atoms with Gasteiger partial charge in [-0.2, -0.15) is 5.10 Å². The van der Waals surface area contributed by atoms with E-state index in [9.17, 15) is 13.6 Å². The Balaban J connectivity index is 2.42. The number of halogens is 2. The lowest BCUT2D eigenvalue weighted by Gasteiger charge is -2.02. The molecule has 1 heterocycles. The van der Waals surface area contributed by atoms with E-state index in [2.05, 4.69) is 10.1 Å². The van der Waals surface area contributed by atoms with Crippen LogP contribution in [0.25, 0.3) is 0 Å². The first kappa shape index (κ1) is 8.09. The fourth-order valence-electron chi connectivity index (χ4n) is 1.10. The summed E-state index contributed by atoms with van der Waals surface area (Å²) in [6, 6.07) is 2.29. The molecule has 0 aliphatic heterocycles. The maximum absolute atomic E-state index is 13.4. The van der Waals surface area contributed by atoms with Crippen LogP contribution in [0.5, 0.6) is 0 Å². The first-order valence-electron chi connectivity index (χ1n) is 5.28. The van der Waals surface area contributed by atoms with Crippen molar-refractivity contribution in [3.8, 4) is 0 Å². The molecule has 0 spiro atoms. The number of ketones is 1. The number of rotatable bonds is 3. The number of benzene rings is 1. The van der Waals surface area contributed by atoms with E-state index in [1.807, 2.05) is 0 Å². The maximum atomic E-state index is 13.4. The lowest BCUT2D eigenvalue weighted by atomic mass is 10.1. The van der Waals surface area contributed by atoms with Gasteiger partial charge >= 0.3 is 0 Å². The Morgan fingerprint density at radius 1 is 1.50 bits per heavy atom. The lowest BCUT2D eigenvalue weighted by Crippen LogP contribution is -2.12. The third-order valence-corrected chi connectivity index (χ3v) is 1.81. The summed E-state index contributed by atoms with van der Waals surface area (Å²) in [5.74, 6) is -3.13. The molecule has 0 bridgehead atoms. The molecule has 0 atom stereocenters. The minimum absolute atomic E-state index is 0.519. The van der Waals surface area contributed by atoms with Crippen LogP contribution in [0.1, 0.15) is 13.1 Å². The van der Waals surface area contributed by atoms with Gasteiger partial charge in [0.25, 0.3) is 0 Å². The third-order valence-electron chi connectivity index (χ3n) is 1.81. The molecule has 2 aromatic rings. The zero-order valence-corrected chi connectivity index (χ0v) is 7.89. The Morgan fingerprint density at radius 2 is 2.31 bits per heavy atom. The monoisotopic (exact) mass is 225 g/mol. The van der Waals surface area contributed by atoms with E-state index >= 15 is 0 Å². The maximum Gasteiger partial charge on any atom is 0.187 e. The van der Waals surface area contributed by atoms with Gasteiger partial charge in [-0.15, -0.1) is 0 Å². The normalized spacial score (nSPS) is 13.1. The lowest BCUT2D eigenvalue weighted by molar-refractivity contribution is 0.0963. The molecule has 0 fully saturated rings. The predicted molar refractivity (Wildman–Crippen MR) is 50.7 cm³/mol. The standard InChI is InChI=1S/C10H7F2N3O/c11-7-1-2-8(9(12)3-7)10(16)4-15-6-13-5-14-15/h1-3,5-6H,4H2/i4D2. The molecule has 16 heavy (non-hydrogen) atoms. The number of Topliss-reactive ketones (excluding diaryl/α,β-unsaturated/α-hetero) is 1. The van der Waals surface area contributed by atoms with Crippen LogP contribution in [-0.2, 0) is 6.50 Å². The number of carbonyl (C=O) groups is 1. The zero-order valence-electron chi connectivity index (χ0n) is 9.89. The van der Waals surface area contributed by atoms with Crippen LogP contribution in [0.2, 0.25) is 0 Å². The third kappa shape index (κ3) is 2.10. The van der Waals surface area contributed by atoms with Gasteiger partial charge in [0.1, 0.15) is 30.8 Å². The van der Waals surface area contributed by atoms with Crippen LogP contribution < -0.4 is 0 Å². The van der Waals surface area contributed by atoms with Crippen molar-refractivity contribution in [2.75, 3.05) is 0 Å². The van der Waals surface area contributed by atoms with Gasteiger partial charge < -0.3 is 0 Å². The number of carbonyl (C=O) groups excluding carboxylic acids is 1. The summed E-state index contributed by atoms with van der Waals surface area (Å²) < 4.78 is 42.0. The number of aromatic nitrogens is 3. The van der Waals surface area contributed by atoms with Crippen molar-refractivity contribution < 1.29 is 16.3 Å². The smallest absolute Gasteiger partial charge is 0.187 e. The summed E-state index contributed by atoms with van der Waals surface area (Å²) in [6.07, 6.45) is 2.05. The van der Waals surface area contributed by atoms with E-state index in [4.69, 9.17) is 2.74 Å². The van der Waals surface area contributed by atoms with E-state index in [1.165, 1.54) is 0 Å². The Bertz CT molecular complexity index is 587. The average molecular weight is 225 g/mol. The summed E-state index contributed by atoms with van der Waals surface area (Å²) in [5.41, 5.74) is -0.545. The van der Waals surface area contributed by atoms with E-state index in [0.717, 1.165) is 24.8 Å².